The molecule has 16 heteroatoms. The number of benzene rings is 2. The van der Waals surface area contributed by atoms with Gasteiger partial charge in [-0.15, -0.1) is 0 Å². The Morgan fingerprint density at radius 3 is 2.60 bits per heavy atom. The minimum atomic E-state index is -3.97. The average Bonchev–Trinajstić information content (AvgIpc) is 3.34. The Balaban J connectivity index is 0.000000307. The number of amides is 1. The monoisotopic (exact) mass is 859 g/mol. The topological polar surface area (TPSA) is 155 Å². The van der Waals surface area contributed by atoms with Crippen LogP contribution < -0.4 is 19.7 Å². The van der Waals surface area contributed by atoms with Crippen molar-refractivity contribution in [2.24, 2.45) is 17.8 Å². The molecule has 2 aromatic carbocycles. The Bertz CT molecular complexity index is 2120. The number of ether oxygens (including phenoxy) is 2. The van der Waals surface area contributed by atoms with Crippen molar-refractivity contribution in [3.05, 3.63) is 70.3 Å². The zero-order chi connectivity index (χ0) is 41.5. The molecule has 58 heavy (non-hydrogen) atoms. The molecule has 8 rings (SSSR count). The first-order valence-electron chi connectivity index (χ1n) is 20.5. The third-order valence-electron chi connectivity index (χ3n) is 13.7. The molecular formula is C42H58ClN5O8S2. The van der Waals surface area contributed by atoms with E-state index in [9.17, 15) is 26.4 Å². The molecule has 2 aliphatic carbocycles. The van der Waals surface area contributed by atoms with Crippen LogP contribution in [0.25, 0.3) is 0 Å². The molecule has 0 radical (unpaired) electrons. The standard InChI is InChI=1S/C34H41ClN2O6S.C8H17N3O2S/c1-22-6-4-15-34(20-38,42-3)29-11-8-26(29)18-37-19-33(14-5-7-24-16-27(35)10-12-28(24)33)21-43-31-13-9-25(17-30(31)37)32(39)36-44(40,41)23(22)2;1-14(12,13)11-5-4-10-3-2-9-6-8(10)7-11/h4,9-10,12-13,15-17,20,22-23,26,29H,5-8,11,14,18-19,21H2,1-3H3,(H,36,39);8-9H,2-7H2,1H3/b15-4+;/t22-,23+,26-,29+,33-,34+;/m0./s1. The quantitative estimate of drug-likeness (QED) is 0.340. The van der Waals surface area contributed by atoms with Crippen molar-refractivity contribution in [1.29, 1.82) is 0 Å². The molecule has 1 amide bonds. The Morgan fingerprint density at radius 2 is 1.88 bits per heavy atom. The number of allylic oxidation sites excluding steroid dienone is 1. The van der Waals surface area contributed by atoms with E-state index in [1.807, 2.05) is 25.1 Å². The summed E-state index contributed by atoms with van der Waals surface area (Å²) in [7, 11) is -5.40. The fraction of sp³-hybridized carbons (Fsp3) is 0.619. The Labute approximate surface area is 348 Å². The summed E-state index contributed by atoms with van der Waals surface area (Å²) in [5, 5.41) is 3.17. The molecule has 1 unspecified atom stereocenters. The SMILES string of the molecule is CO[C@@]1(C=O)/C=C/C[C@H](C)[C@@H](C)S(=O)(=O)NC(=O)c2ccc3c(c2)N(C[C@@H]2CC[C@H]21)C[C@@]1(CCCc2cc(Cl)ccc21)CO3.CS(=O)(=O)N1CCN2CCNCC2C1. The van der Waals surface area contributed by atoms with Crippen molar-refractivity contribution < 1.29 is 35.9 Å². The first-order chi connectivity index (χ1) is 27.6. The van der Waals surface area contributed by atoms with E-state index in [0.29, 0.717) is 56.0 Å². The van der Waals surface area contributed by atoms with Gasteiger partial charge in [0, 0.05) is 87.4 Å². The van der Waals surface area contributed by atoms with E-state index in [4.69, 9.17) is 21.1 Å². The molecule has 318 valence electrons. The smallest absolute Gasteiger partial charge is 0.264 e. The molecule has 2 N–H and O–H groups in total. The second-order valence-electron chi connectivity index (χ2n) is 17.2. The molecule has 1 spiro atoms. The Morgan fingerprint density at radius 1 is 1.07 bits per heavy atom. The van der Waals surface area contributed by atoms with Gasteiger partial charge in [-0.3, -0.25) is 14.5 Å². The lowest BCUT2D eigenvalue weighted by molar-refractivity contribution is -0.135. The number of methoxy groups -OCH3 is 1. The molecule has 6 aliphatic rings. The largest absolute Gasteiger partial charge is 0.490 e. The molecule has 4 heterocycles. The number of halogens is 1. The van der Waals surface area contributed by atoms with Crippen LogP contribution in [-0.4, -0.2) is 127 Å². The highest BCUT2D eigenvalue weighted by molar-refractivity contribution is 7.90. The average molecular weight is 861 g/mol. The van der Waals surface area contributed by atoms with Crippen molar-refractivity contribution in [2.45, 2.75) is 74.7 Å². The number of hydrogen-bond acceptors (Lipinski definition) is 11. The normalized spacial score (nSPS) is 33.3. The molecular weight excluding hydrogens is 802 g/mol. The molecule has 7 atom stereocenters. The summed E-state index contributed by atoms with van der Waals surface area (Å²) < 4.78 is 65.6. The Hall–Kier alpha value is -3.05. The highest BCUT2D eigenvalue weighted by atomic mass is 35.5. The van der Waals surface area contributed by atoms with Crippen molar-refractivity contribution >= 4 is 49.5 Å². The van der Waals surface area contributed by atoms with Crippen LogP contribution in [0.3, 0.4) is 0 Å². The molecule has 2 saturated heterocycles. The molecule has 0 aromatic heterocycles. The van der Waals surface area contributed by atoms with Gasteiger partial charge in [0.05, 0.1) is 23.8 Å². The van der Waals surface area contributed by atoms with Gasteiger partial charge in [0.2, 0.25) is 20.0 Å². The maximum Gasteiger partial charge on any atom is 0.264 e. The number of nitrogens with zero attached hydrogens (tertiary/aromatic N) is 3. The minimum Gasteiger partial charge on any atom is -0.490 e. The number of carbonyl (C=O) groups excluding carboxylic acids is 2. The van der Waals surface area contributed by atoms with Gasteiger partial charge < -0.3 is 19.7 Å². The van der Waals surface area contributed by atoms with Crippen molar-refractivity contribution in [2.75, 3.05) is 77.2 Å². The van der Waals surface area contributed by atoms with Gasteiger partial charge in [-0.1, -0.05) is 30.7 Å². The van der Waals surface area contributed by atoms with Crippen molar-refractivity contribution in [3.63, 3.8) is 0 Å². The zero-order valence-electron chi connectivity index (χ0n) is 34.0. The number of piperazine rings is 2. The van der Waals surface area contributed by atoms with Crippen LogP contribution in [0.4, 0.5) is 5.69 Å². The summed E-state index contributed by atoms with van der Waals surface area (Å²) in [6, 6.07) is 11.6. The van der Waals surface area contributed by atoms with Crippen LogP contribution in [0.1, 0.15) is 67.4 Å². The predicted molar refractivity (Wildman–Crippen MR) is 226 cm³/mol. The number of aldehydes is 1. The minimum absolute atomic E-state index is 0.0434. The number of nitrogens with one attached hydrogen (secondary N) is 2. The zero-order valence-corrected chi connectivity index (χ0v) is 36.4. The van der Waals surface area contributed by atoms with E-state index >= 15 is 0 Å². The van der Waals surface area contributed by atoms with Gasteiger partial charge in [-0.05, 0) is 105 Å². The van der Waals surface area contributed by atoms with E-state index < -0.39 is 36.8 Å². The third-order valence-corrected chi connectivity index (χ3v) is 17.1. The van der Waals surface area contributed by atoms with Gasteiger partial charge in [0.25, 0.3) is 5.91 Å². The van der Waals surface area contributed by atoms with Crippen LogP contribution in [0, 0.1) is 17.8 Å². The summed E-state index contributed by atoms with van der Waals surface area (Å²) >= 11 is 6.40. The molecule has 3 fully saturated rings. The van der Waals surface area contributed by atoms with E-state index in [1.165, 1.54) is 17.4 Å². The Kier molecular flexibility index (Phi) is 12.7. The van der Waals surface area contributed by atoms with Gasteiger partial charge in [0.15, 0.2) is 6.29 Å². The summed E-state index contributed by atoms with van der Waals surface area (Å²) in [5.41, 5.74) is 2.05. The van der Waals surface area contributed by atoms with Crippen LogP contribution in [-0.2, 0) is 41.4 Å². The molecule has 4 aliphatic heterocycles. The first-order valence-corrected chi connectivity index (χ1v) is 24.3. The van der Waals surface area contributed by atoms with Crippen LogP contribution >= 0.6 is 11.6 Å². The van der Waals surface area contributed by atoms with Gasteiger partial charge >= 0.3 is 0 Å². The lowest BCUT2D eigenvalue weighted by atomic mass is 9.64. The van der Waals surface area contributed by atoms with Gasteiger partial charge in [0.1, 0.15) is 11.4 Å². The van der Waals surface area contributed by atoms with Crippen LogP contribution in [0.15, 0.2) is 48.6 Å². The summed E-state index contributed by atoms with van der Waals surface area (Å²) in [5.74, 6) is -0.203. The maximum absolute atomic E-state index is 13.4. The van der Waals surface area contributed by atoms with Crippen molar-refractivity contribution in [1.82, 2.24) is 19.2 Å². The summed E-state index contributed by atoms with van der Waals surface area (Å²) in [6.45, 7) is 10.3. The van der Waals surface area contributed by atoms with Crippen LogP contribution in [0.5, 0.6) is 5.75 Å². The maximum atomic E-state index is 13.4. The van der Waals surface area contributed by atoms with Crippen molar-refractivity contribution in [3.8, 4) is 5.75 Å². The number of hydrogen-bond donors (Lipinski definition) is 2. The van der Waals surface area contributed by atoms with E-state index in [1.54, 1.807) is 36.5 Å². The van der Waals surface area contributed by atoms with Gasteiger partial charge in [-0.25, -0.2) is 21.6 Å². The van der Waals surface area contributed by atoms with E-state index in [2.05, 4.69) is 32.0 Å². The molecule has 1 saturated carbocycles. The third kappa shape index (κ3) is 8.73. The highest BCUT2D eigenvalue weighted by Crippen LogP contribution is 2.48. The lowest BCUT2D eigenvalue weighted by Crippen LogP contribution is -2.61. The van der Waals surface area contributed by atoms with Gasteiger partial charge in [-0.2, -0.15) is 4.31 Å². The fourth-order valence-corrected chi connectivity index (χ4v) is 12.2. The number of sulfonamides is 2. The number of rotatable bonds is 3. The summed E-state index contributed by atoms with van der Waals surface area (Å²) in [4.78, 5) is 30.7. The lowest BCUT2D eigenvalue weighted by Gasteiger charge is -2.48. The molecule has 2 aromatic rings. The highest BCUT2D eigenvalue weighted by Gasteiger charge is 2.49. The number of carbonyl (C=O) groups is 2. The van der Waals surface area contributed by atoms with Crippen LogP contribution in [0.2, 0.25) is 5.02 Å². The second-order valence-corrected chi connectivity index (χ2v) is 21.7. The number of anilines is 1. The number of aryl methyl sites for hydroxylation is 1. The molecule has 2 bridgehead atoms. The second kappa shape index (κ2) is 17.1. The number of fused-ring (bicyclic) bond motifs is 5. The molecule has 13 nitrogen and oxygen atoms in total. The summed E-state index contributed by atoms with van der Waals surface area (Å²) in [6.07, 6.45) is 10.9. The predicted octanol–water partition coefficient (Wildman–Crippen LogP) is 4.00. The van der Waals surface area contributed by atoms with E-state index in [-0.39, 0.29) is 28.7 Å². The van der Waals surface area contributed by atoms with E-state index in [0.717, 1.165) is 70.3 Å². The first kappa shape index (κ1) is 43.1. The fourth-order valence-electron chi connectivity index (χ4n) is 9.83.